The maximum absolute atomic E-state index is 13.4. The molecule has 3 nitrogen and oxygen atoms in total. The SMILES string of the molecule is O=C1NCc2cc(C[C@H]3CCCC[C@@H]3NC3CCC(F)(F)CC3)ccc21. The molecule has 26 heavy (non-hydrogen) atoms. The Kier molecular flexibility index (Phi) is 5.00. The van der Waals surface area contributed by atoms with E-state index in [-0.39, 0.29) is 24.8 Å². The lowest BCUT2D eigenvalue weighted by atomic mass is 9.79. The van der Waals surface area contributed by atoms with Crippen LogP contribution in [0.3, 0.4) is 0 Å². The predicted molar refractivity (Wildman–Crippen MR) is 97.4 cm³/mol. The van der Waals surface area contributed by atoms with E-state index in [9.17, 15) is 13.6 Å². The minimum atomic E-state index is -2.46. The highest BCUT2D eigenvalue weighted by atomic mass is 19.3. The van der Waals surface area contributed by atoms with Gasteiger partial charge in [-0.3, -0.25) is 4.79 Å². The second-order valence-electron chi connectivity index (χ2n) is 8.33. The zero-order valence-electron chi connectivity index (χ0n) is 15.2. The number of nitrogens with one attached hydrogen (secondary N) is 2. The van der Waals surface area contributed by atoms with Gasteiger partial charge in [0.15, 0.2) is 0 Å². The number of alkyl halides is 2. The van der Waals surface area contributed by atoms with Crippen LogP contribution in [0.5, 0.6) is 0 Å². The lowest BCUT2D eigenvalue weighted by Gasteiger charge is -2.38. The maximum Gasteiger partial charge on any atom is 0.251 e. The Bertz CT molecular complexity index is 666. The molecule has 3 aliphatic rings. The fraction of sp³-hybridized carbons (Fsp3) is 0.667. The number of halogens is 2. The summed E-state index contributed by atoms with van der Waals surface area (Å²) in [6, 6.07) is 6.86. The molecule has 2 N–H and O–H groups in total. The summed E-state index contributed by atoms with van der Waals surface area (Å²) < 4.78 is 26.8. The molecule has 1 aromatic rings. The first-order valence-electron chi connectivity index (χ1n) is 10.0. The molecule has 2 fully saturated rings. The number of amides is 1. The summed E-state index contributed by atoms with van der Waals surface area (Å²) in [7, 11) is 0. The Morgan fingerprint density at radius 1 is 1.12 bits per heavy atom. The van der Waals surface area contributed by atoms with Gasteiger partial charge in [0.25, 0.3) is 5.91 Å². The lowest BCUT2D eigenvalue weighted by molar-refractivity contribution is -0.0421. The first kappa shape index (κ1) is 17.9. The third kappa shape index (κ3) is 3.93. The molecule has 1 aliphatic heterocycles. The molecule has 1 aromatic carbocycles. The monoisotopic (exact) mass is 362 g/mol. The topological polar surface area (TPSA) is 41.1 Å². The molecule has 4 rings (SSSR count). The molecule has 1 heterocycles. The van der Waals surface area contributed by atoms with Crippen molar-refractivity contribution in [2.75, 3.05) is 0 Å². The predicted octanol–water partition coefficient (Wildman–Crippen LogP) is 4.20. The molecule has 0 aromatic heterocycles. The van der Waals surface area contributed by atoms with Crippen LogP contribution in [0.15, 0.2) is 18.2 Å². The van der Waals surface area contributed by atoms with Crippen LogP contribution in [-0.2, 0) is 13.0 Å². The zero-order valence-corrected chi connectivity index (χ0v) is 15.2. The van der Waals surface area contributed by atoms with Crippen LogP contribution in [0.1, 0.15) is 72.9 Å². The van der Waals surface area contributed by atoms with Crippen molar-refractivity contribution in [3.8, 4) is 0 Å². The molecule has 142 valence electrons. The highest BCUT2D eigenvalue weighted by Gasteiger charge is 2.36. The van der Waals surface area contributed by atoms with Gasteiger partial charge in [0.1, 0.15) is 0 Å². The number of rotatable bonds is 4. The molecule has 0 bridgehead atoms. The van der Waals surface area contributed by atoms with Gasteiger partial charge < -0.3 is 10.6 Å². The smallest absolute Gasteiger partial charge is 0.251 e. The Morgan fingerprint density at radius 2 is 1.88 bits per heavy atom. The minimum absolute atomic E-state index is 0.0217. The standard InChI is InChI=1S/C21H28F2N2O/c22-21(23)9-7-17(8-10-21)25-19-4-2-1-3-15(19)11-14-5-6-18-16(12-14)13-24-20(18)26/h5-6,12,15,17,19,25H,1-4,7-11,13H2,(H,24,26)/t15-,19+/m1/s1. The van der Waals surface area contributed by atoms with Crippen molar-refractivity contribution >= 4 is 5.91 Å². The number of benzene rings is 1. The van der Waals surface area contributed by atoms with Gasteiger partial charge in [-0.25, -0.2) is 8.78 Å². The van der Waals surface area contributed by atoms with Gasteiger partial charge in [-0.2, -0.15) is 0 Å². The Labute approximate surface area is 153 Å². The summed E-state index contributed by atoms with van der Waals surface area (Å²) in [5.41, 5.74) is 3.19. The van der Waals surface area contributed by atoms with Gasteiger partial charge in [-0.05, 0) is 55.2 Å². The fourth-order valence-electron chi connectivity index (χ4n) is 4.90. The molecule has 0 unspecified atom stereocenters. The van der Waals surface area contributed by atoms with Crippen molar-refractivity contribution in [1.29, 1.82) is 0 Å². The van der Waals surface area contributed by atoms with Gasteiger partial charge in [0.2, 0.25) is 5.92 Å². The zero-order chi connectivity index (χ0) is 18.1. The Balaban J connectivity index is 1.39. The van der Waals surface area contributed by atoms with E-state index in [0.717, 1.165) is 24.0 Å². The van der Waals surface area contributed by atoms with Crippen LogP contribution < -0.4 is 10.6 Å². The van der Waals surface area contributed by atoms with E-state index >= 15 is 0 Å². The van der Waals surface area contributed by atoms with Crippen molar-refractivity contribution in [3.63, 3.8) is 0 Å². The fourth-order valence-corrected chi connectivity index (χ4v) is 4.90. The first-order valence-corrected chi connectivity index (χ1v) is 10.0. The summed E-state index contributed by atoms with van der Waals surface area (Å²) >= 11 is 0. The van der Waals surface area contributed by atoms with Crippen LogP contribution >= 0.6 is 0 Å². The van der Waals surface area contributed by atoms with E-state index < -0.39 is 5.92 Å². The number of hydrogen-bond donors (Lipinski definition) is 2. The van der Waals surface area contributed by atoms with Gasteiger partial charge in [-0.1, -0.05) is 25.0 Å². The molecule has 1 amide bonds. The van der Waals surface area contributed by atoms with Gasteiger partial charge in [0, 0.05) is 37.0 Å². The average molecular weight is 362 g/mol. The van der Waals surface area contributed by atoms with Crippen molar-refractivity contribution < 1.29 is 13.6 Å². The highest BCUT2D eigenvalue weighted by Crippen LogP contribution is 2.35. The van der Waals surface area contributed by atoms with E-state index in [0.29, 0.717) is 31.3 Å². The summed E-state index contributed by atoms with van der Waals surface area (Å²) in [6.07, 6.45) is 7.02. The second-order valence-corrected chi connectivity index (χ2v) is 8.33. The van der Waals surface area contributed by atoms with E-state index in [1.807, 2.05) is 6.07 Å². The third-order valence-electron chi connectivity index (χ3n) is 6.43. The molecular weight excluding hydrogens is 334 g/mol. The highest BCUT2D eigenvalue weighted by molar-refractivity contribution is 5.98. The minimum Gasteiger partial charge on any atom is -0.348 e. The summed E-state index contributed by atoms with van der Waals surface area (Å²) in [6.45, 7) is 0.630. The summed E-state index contributed by atoms with van der Waals surface area (Å²) in [5, 5.41) is 6.60. The molecule has 2 saturated carbocycles. The maximum atomic E-state index is 13.4. The third-order valence-corrected chi connectivity index (χ3v) is 6.43. The van der Waals surface area contributed by atoms with Gasteiger partial charge in [0.05, 0.1) is 0 Å². The molecule has 2 atom stereocenters. The second kappa shape index (κ2) is 7.26. The number of hydrogen-bond acceptors (Lipinski definition) is 2. The summed E-state index contributed by atoms with van der Waals surface area (Å²) in [5.74, 6) is -1.88. The normalized spacial score (nSPS) is 28.6. The van der Waals surface area contributed by atoms with Crippen molar-refractivity contribution in [2.24, 2.45) is 5.92 Å². The quantitative estimate of drug-likeness (QED) is 0.843. The van der Waals surface area contributed by atoms with Crippen molar-refractivity contribution in [3.05, 3.63) is 34.9 Å². The molecule has 0 spiro atoms. The van der Waals surface area contributed by atoms with Crippen molar-refractivity contribution in [1.82, 2.24) is 10.6 Å². The molecule has 0 radical (unpaired) electrons. The molecule has 0 saturated heterocycles. The lowest BCUT2D eigenvalue weighted by Crippen LogP contribution is -2.47. The first-order chi connectivity index (χ1) is 12.5. The molecular formula is C21H28F2N2O. The van der Waals surface area contributed by atoms with E-state index in [1.54, 1.807) is 0 Å². The van der Waals surface area contributed by atoms with E-state index in [1.165, 1.54) is 24.8 Å². The number of fused-ring (bicyclic) bond motifs is 1. The van der Waals surface area contributed by atoms with Crippen LogP contribution in [0, 0.1) is 5.92 Å². The van der Waals surface area contributed by atoms with Crippen LogP contribution in [0.25, 0.3) is 0 Å². The van der Waals surface area contributed by atoms with E-state index in [4.69, 9.17) is 0 Å². The van der Waals surface area contributed by atoms with E-state index in [2.05, 4.69) is 22.8 Å². The van der Waals surface area contributed by atoms with Crippen LogP contribution in [0.2, 0.25) is 0 Å². The Morgan fingerprint density at radius 3 is 2.69 bits per heavy atom. The van der Waals surface area contributed by atoms with Crippen LogP contribution in [-0.4, -0.2) is 23.9 Å². The van der Waals surface area contributed by atoms with Gasteiger partial charge in [-0.15, -0.1) is 0 Å². The van der Waals surface area contributed by atoms with Crippen LogP contribution in [0.4, 0.5) is 8.78 Å². The summed E-state index contributed by atoms with van der Waals surface area (Å²) in [4.78, 5) is 11.7. The average Bonchev–Trinajstić information content (AvgIpc) is 2.99. The number of carbonyl (C=O) groups excluding carboxylic acids is 1. The number of carbonyl (C=O) groups is 1. The Hall–Kier alpha value is -1.49. The molecule has 2 aliphatic carbocycles. The van der Waals surface area contributed by atoms with Gasteiger partial charge >= 0.3 is 0 Å². The largest absolute Gasteiger partial charge is 0.348 e. The molecule has 5 heteroatoms. The van der Waals surface area contributed by atoms with Crippen molar-refractivity contribution in [2.45, 2.75) is 82.3 Å².